The summed E-state index contributed by atoms with van der Waals surface area (Å²) in [7, 11) is 0. The first-order chi connectivity index (χ1) is 18.2. The van der Waals surface area contributed by atoms with Crippen LogP contribution in [0.3, 0.4) is 0 Å². The van der Waals surface area contributed by atoms with E-state index in [0.29, 0.717) is 30.5 Å². The Kier molecular flexibility index (Phi) is 9.60. The Labute approximate surface area is 214 Å². The summed E-state index contributed by atoms with van der Waals surface area (Å²) in [6.07, 6.45) is 2.21. The molecule has 2 saturated heterocycles. The molecule has 0 bridgehead atoms. The number of fused-ring (bicyclic) bond motifs is 1. The molecule has 17 nitrogen and oxygen atoms in total. The maximum atomic E-state index is 11.3. The molecular weight excluding hydrogens is 508 g/mol. The molecule has 2 aliphatic rings. The Hall–Kier alpha value is -4.64. The third kappa shape index (κ3) is 7.68. The number of aromatic nitrogens is 6. The summed E-state index contributed by atoms with van der Waals surface area (Å²) in [5.41, 5.74) is 7.37. The molecule has 0 aliphatic carbocycles. The molecule has 3 aromatic rings. The van der Waals surface area contributed by atoms with Crippen molar-refractivity contribution in [3.05, 3.63) is 24.5 Å². The summed E-state index contributed by atoms with van der Waals surface area (Å²) in [5, 5.41) is 27.9. The smallest absolute Gasteiger partial charge is 0.450 e. The number of hydrogen-bond acceptors (Lipinski definition) is 11. The minimum atomic E-state index is -1.83. The van der Waals surface area contributed by atoms with Gasteiger partial charge in [0.1, 0.15) is 0 Å². The number of carboxylic acid groups (broad SMARTS) is 4. The van der Waals surface area contributed by atoms with Crippen molar-refractivity contribution in [2.75, 3.05) is 44.4 Å². The first-order valence-electron chi connectivity index (χ1n) is 11.2. The molecule has 6 N–H and O–H groups in total. The van der Waals surface area contributed by atoms with Gasteiger partial charge in [0.15, 0.2) is 22.8 Å². The monoisotopic (exact) mass is 534 g/mol. The van der Waals surface area contributed by atoms with E-state index < -0.39 is 18.2 Å². The molecule has 38 heavy (non-hydrogen) atoms. The maximum Gasteiger partial charge on any atom is 0.503 e. The first-order valence-corrected chi connectivity index (χ1v) is 11.2. The van der Waals surface area contributed by atoms with E-state index >= 15 is 0 Å². The van der Waals surface area contributed by atoms with Gasteiger partial charge < -0.3 is 45.1 Å². The van der Waals surface area contributed by atoms with Gasteiger partial charge in [-0.3, -0.25) is 4.79 Å². The standard InChI is InChI=1S/C19H22N8O3.2CH2O3/c20-15(28)17-21-7-13(8-22-17)16-24-18(26-2-5-29-6-3-26)14-19(25-16)27(11-23-14)9-12-1-4-30-10-12;2*2-1(3)4/h7-8,11-12H,1-6,9-10H2,(H2,20,28);2*(H2,2,3,4). The number of nitrogens with two attached hydrogens (primary N) is 1. The number of anilines is 1. The Morgan fingerprint density at radius 3 is 2.13 bits per heavy atom. The third-order valence-corrected chi connectivity index (χ3v) is 5.37. The predicted molar refractivity (Wildman–Crippen MR) is 128 cm³/mol. The van der Waals surface area contributed by atoms with Gasteiger partial charge in [0, 0.05) is 44.6 Å². The minimum absolute atomic E-state index is 0.0421. The molecule has 204 valence electrons. The van der Waals surface area contributed by atoms with Crippen molar-refractivity contribution in [2.45, 2.75) is 13.0 Å². The van der Waals surface area contributed by atoms with Gasteiger partial charge in [0.2, 0.25) is 5.82 Å². The maximum absolute atomic E-state index is 11.3. The van der Waals surface area contributed by atoms with Crippen LogP contribution in [0.15, 0.2) is 18.7 Å². The molecule has 1 atom stereocenters. The summed E-state index contributed by atoms with van der Waals surface area (Å²) in [6, 6.07) is 0. The molecule has 0 aromatic carbocycles. The molecule has 17 heteroatoms. The van der Waals surface area contributed by atoms with E-state index in [9.17, 15) is 4.79 Å². The molecule has 5 rings (SSSR count). The van der Waals surface area contributed by atoms with E-state index in [1.165, 1.54) is 12.4 Å². The molecule has 3 aromatic heterocycles. The van der Waals surface area contributed by atoms with Gasteiger partial charge in [0.25, 0.3) is 5.91 Å². The van der Waals surface area contributed by atoms with E-state index in [4.69, 9.17) is 55.2 Å². The second kappa shape index (κ2) is 13.1. The SMILES string of the molecule is NC(=O)c1ncc(-c2nc(N3CCOCC3)c3ncn(CC4CCOC4)c3n2)cn1.O=C(O)O.O=C(O)O. The van der Waals surface area contributed by atoms with Gasteiger partial charge in [-0.2, -0.15) is 0 Å². The van der Waals surface area contributed by atoms with Gasteiger partial charge >= 0.3 is 12.3 Å². The summed E-state index contributed by atoms with van der Waals surface area (Å²) >= 11 is 0. The van der Waals surface area contributed by atoms with Crippen LogP contribution >= 0.6 is 0 Å². The molecule has 1 unspecified atom stereocenters. The van der Waals surface area contributed by atoms with Gasteiger partial charge in [-0.25, -0.2) is 34.5 Å². The van der Waals surface area contributed by atoms with E-state index in [0.717, 1.165) is 56.3 Å². The first kappa shape index (κ1) is 27.9. The summed E-state index contributed by atoms with van der Waals surface area (Å²) in [5.74, 6) is 0.956. The minimum Gasteiger partial charge on any atom is -0.450 e. The number of carbonyl (C=O) groups excluding carboxylic acids is 1. The fraction of sp³-hybridized carbons (Fsp3) is 0.429. The van der Waals surface area contributed by atoms with E-state index in [1.54, 1.807) is 0 Å². The number of ether oxygens (including phenoxy) is 2. The fourth-order valence-corrected chi connectivity index (χ4v) is 3.76. The van der Waals surface area contributed by atoms with Crippen molar-refractivity contribution >= 4 is 35.2 Å². The van der Waals surface area contributed by atoms with Crippen LogP contribution in [-0.4, -0.2) is 108 Å². The topological polar surface area (TPSA) is 249 Å². The lowest BCUT2D eigenvalue weighted by atomic mass is 10.1. The summed E-state index contributed by atoms with van der Waals surface area (Å²) < 4.78 is 13.1. The van der Waals surface area contributed by atoms with E-state index in [2.05, 4.69) is 24.4 Å². The second-order valence-corrected chi connectivity index (χ2v) is 7.99. The van der Waals surface area contributed by atoms with Crippen LogP contribution in [0.5, 0.6) is 0 Å². The number of hydrogen-bond donors (Lipinski definition) is 5. The zero-order valence-corrected chi connectivity index (χ0v) is 20.0. The van der Waals surface area contributed by atoms with Crippen molar-refractivity contribution < 1.29 is 44.3 Å². The van der Waals surface area contributed by atoms with Crippen LogP contribution in [0.25, 0.3) is 22.6 Å². The number of primary amides is 1. The molecule has 0 spiro atoms. The number of morpholine rings is 1. The van der Waals surface area contributed by atoms with Gasteiger partial charge in [0.05, 0.1) is 31.7 Å². The quantitative estimate of drug-likeness (QED) is 0.302. The van der Waals surface area contributed by atoms with Crippen molar-refractivity contribution in [3.63, 3.8) is 0 Å². The second-order valence-electron chi connectivity index (χ2n) is 7.99. The zero-order chi connectivity index (χ0) is 27.7. The highest BCUT2D eigenvalue weighted by Crippen LogP contribution is 2.28. The highest BCUT2D eigenvalue weighted by Gasteiger charge is 2.23. The number of rotatable bonds is 5. The summed E-state index contributed by atoms with van der Waals surface area (Å²) in [6.45, 7) is 5.05. The largest absolute Gasteiger partial charge is 0.503 e. The number of carbonyl (C=O) groups is 3. The lowest BCUT2D eigenvalue weighted by molar-refractivity contribution is 0.0989. The predicted octanol–water partition coefficient (Wildman–Crippen LogP) is 0.700. The van der Waals surface area contributed by atoms with Crippen LogP contribution < -0.4 is 10.6 Å². The Morgan fingerprint density at radius 2 is 1.58 bits per heavy atom. The number of imidazole rings is 1. The van der Waals surface area contributed by atoms with Crippen molar-refractivity contribution in [1.29, 1.82) is 0 Å². The molecule has 2 fully saturated rings. The van der Waals surface area contributed by atoms with E-state index in [-0.39, 0.29) is 5.82 Å². The number of amides is 1. The van der Waals surface area contributed by atoms with Crippen LogP contribution in [0.4, 0.5) is 15.4 Å². The fourth-order valence-electron chi connectivity index (χ4n) is 3.76. The average Bonchev–Trinajstić information content (AvgIpc) is 3.54. The Balaban J connectivity index is 0.000000443. The molecule has 0 radical (unpaired) electrons. The van der Waals surface area contributed by atoms with Crippen LogP contribution in [-0.2, 0) is 16.0 Å². The van der Waals surface area contributed by atoms with Crippen LogP contribution in [0.1, 0.15) is 17.0 Å². The highest BCUT2D eigenvalue weighted by atomic mass is 16.6. The lowest BCUT2D eigenvalue weighted by Gasteiger charge is -2.28. The molecule has 2 aliphatic heterocycles. The molecular formula is C21H26N8O9. The average molecular weight is 534 g/mol. The zero-order valence-electron chi connectivity index (χ0n) is 20.0. The van der Waals surface area contributed by atoms with Gasteiger partial charge in [-0.15, -0.1) is 0 Å². The summed E-state index contributed by atoms with van der Waals surface area (Å²) in [4.78, 5) is 52.8. The third-order valence-electron chi connectivity index (χ3n) is 5.37. The van der Waals surface area contributed by atoms with Crippen LogP contribution in [0, 0.1) is 5.92 Å². The van der Waals surface area contributed by atoms with Crippen LogP contribution in [0.2, 0.25) is 0 Å². The molecule has 0 saturated carbocycles. The lowest BCUT2D eigenvalue weighted by Crippen LogP contribution is -2.37. The highest BCUT2D eigenvalue weighted by molar-refractivity contribution is 5.89. The Bertz CT molecular complexity index is 1240. The molecule has 5 heterocycles. The van der Waals surface area contributed by atoms with Gasteiger partial charge in [-0.1, -0.05) is 0 Å². The van der Waals surface area contributed by atoms with Gasteiger partial charge in [-0.05, 0) is 6.42 Å². The van der Waals surface area contributed by atoms with Crippen molar-refractivity contribution in [3.8, 4) is 11.4 Å². The normalized spacial score (nSPS) is 16.6. The van der Waals surface area contributed by atoms with E-state index in [1.807, 2.05) is 6.33 Å². The van der Waals surface area contributed by atoms with Crippen molar-refractivity contribution in [1.82, 2.24) is 29.5 Å². The number of nitrogens with zero attached hydrogens (tertiary/aromatic N) is 7. The molecule has 1 amide bonds. The van der Waals surface area contributed by atoms with Crippen molar-refractivity contribution in [2.24, 2.45) is 11.7 Å². The Morgan fingerprint density at radius 1 is 0.947 bits per heavy atom.